The zero-order valence-corrected chi connectivity index (χ0v) is 17.3. The van der Waals surface area contributed by atoms with E-state index in [1.54, 1.807) is 0 Å². The van der Waals surface area contributed by atoms with Gasteiger partial charge in [0, 0.05) is 69.5 Å². The van der Waals surface area contributed by atoms with Crippen molar-refractivity contribution < 1.29 is 9.59 Å². The third-order valence-electron chi connectivity index (χ3n) is 5.88. The molecule has 28 heavy (non-hydrogen) atoms. The van der Waals surface area contributed by atoms with E-state index in [-0.39, 0.29) is 11.8 Å². The van der Waals surface area contributed by atoms with Gasteiger partial charge in [0.05, 0.1) is 0 Å². The fourth-order valence-electron chi connectivity index (χ4n) is 4.00. The van der Waals surface area contributed by atoms with Crippen LogP contribution in [0, 0.1) is 0 Å². The first-order valence-electron chi connectivity index (χ1n) is 10.7. The normalized spacial score (nSPS) is 19.0. The van der Waals surface area contributed by atoms with Crippen molar-refractivity contribution in [3.05, 3.63) is 29.8 Å². The molecule has 0 aromatic heterocycles. The molecule has 1 aromatic carbocycles. The van der Waals surface area contributed by atoms with Gasteiger partial charge in [-0.25, -0.2) is 0 Å². The number of nitrogens with zero attached hydrogens (tertiary/aromatic N) is 3. The molecular formula is C22H34N4O2. The fourth-order valence-corrected chi connectivity index (χ4v) is 4.00. The first-order valence-corrected chi connectivity index (χ1v) is 10.7. The number of likely N-dealkylation sites (tertiary alicyclic amines) is 1. The van der Waals surface area contributed by atoms with Gasteiger partial charge in [-0.1, -0.05) is 6.42 Å². The number of hydrogen-bond donors (Lipinski definition) is 1. The van der Waals surface area contributed by atoms with E-state index in [9.17, 15) is 9.59 Å². The van der Waals surface area contributed by atoms with E-state index in [0.29, 0.717) is 31.1 Å². The smallest absolute Gasteiger partial charge is 0.251 e. The molecule has 0 bridgehead atoms. The molecule has 0 atom stereocenters. The summed E-state index contributed by atoms with van der Waals surface area (Å²) in [7, 11) is 0. The highest BCUT2D eigenvalue weighted by atomic mass is 16.2. The van der Waals surface area contributed by atoms with Crippen LogP contribution in [0.15, 0.2) is 24.3 Å². The lowest BCUT2D eigenvalue weighted by Gasteiger charge is -2.38. The van der Waals surface area contributed by atoms with Crippen LogP contribution in [-0.2, 0) is 4.79 Å². The predicted octanol–water partition coefficient (Wildman–Crippen LogP) is 2.35. The van der Waals surface area contributed by atoms with Crippen molar-refractivity contribution in [1.82, 2.24) is 15.1 Å². The van der Waals surface area contributed by atoms with Gasteiger partial charge in [0.1, 0.15) is 0 Å². The van der Waals surface area contributed by atoms with Crippen LogP contribution < -0.4 is 10.2 Å². The van der Waals surface area contributed by atoms with Crippen molar-refractivity contribution in [1.29, 1.82) is 0 Å². The van der Waals surface area contributed by atoms with E-state index in [2.05, 4.69) is 29.0 Å². The van der Waals surface area contributed by atoms with Crippen LogP contribution in [0.1, 0.15) is 49.9 Å². The average Bonchev–Trinajstić information content (AvgIpc) is 2.92. The summed E-state index contributed by atoms with van der Waals surface area (Å²) in [4.78, 5) is 31.2. The van der Waals surface area contributed by atoms with Gasteiger partial charge in [-0.3, -0.25) is 14.5 Å². The summed E-state index contributed by atoms with van der Waals surface area (Å²) in [5.41, 5.74) is 1.85. The number of anilines is 1. The van der Waals surface area contributed by atoms with Gasteiger partial charge in [0.2, 0.25) is 5.91 Å². The molecule has 6 heteroatoms. The van der Waals surface area contributed by atoms with Crippen molar-refractivity contribution in [2.24, 2.45) is 0 Å². The largest absolute Gasteiger partial charge is 0.369 e. The molecule has 2 aliphatic rings. The minimum absolute atomic E-state index is 0.0709. The number of hydrogen-bond acceptors (Lipinski definition) is 4. The van der Waals surface area contributed by atoms with Gasteiger partial charge >= 0.3 is 0 Å². The second-order valence-electron chi connectivity index (χ2n) is 8.11. The second kappa shape index (κ2) is 9.92. The molecule has 0 unspecified atom stereocenters. The molecule has 2 aliphatic heterocycles. The summed E-state index contributed by atoms with van der Waals surface area (Å²) in [5.74, 6) is 0.145. The Bertz CT molecular complexity index is 651. The molecule has 2 fully saturated rings. The average molecular weight is 387 g/mol. The Kier molecular flexibility index (Phi) is 7.31. The Balaban J connectivity index is 1.45. The molecular weight excluding hydrogens is 352 g/mol. The summed E-state index contributed by atoms with van der Waals surface area (Å²) in [5, 5.41) is 2.95. The quantitative estimate of drug-likeness (QED) is 0.815. The van der Waals surface area contributed by atoms with Crippen molar-refractivity contribution in [2.75, 3.05) is 50.7 Å². The maximum absolute atomic E-state index is 12.4. The minimum Gasteiger partial charge on any atom is -0.369 e. The monoisotopic (exact) mass is 386 g/mol. The molecule has 0 spiro atoms. The van der Waals surface area contributed by atoms with Gasteiger partial charge in [-0.15, -0.1) is 0 Å². The third kappa shape index (κ3) is 5.47. The second-order valence-corrected chi connectivity index (χ2v) is 8.11. The van der Waals surface area contributed by atoms with Crippen molar-refractivity contribution in [2.45, 2.75) is 45.6 Å². The Morgan fingerprint density at radius 2 is 1.71 bits per heavy atom. The molecule has 0 saturated carbocycles. The first kappa shape index (κ1) is 20.6. The van der Waals surface area contributed by atoms with Crippen LogP contribution in [0.2, 0.25) is 0 Å². The zero-order chi connectivity index (χ0) is 19.9. The third-order valence-corrected chi connectivity index (χ3v) is 5.88. The van der Waals surface area contributed by atoms with Crippen LogP contribution in [-0.4, -0.2) is 73.5 Å². The standard InChI is InChI=1S/C22H34N4O2/c1-18(2)24-14-16-25(17-15-24)20-9-7-19(8-10-20)22(28)23-11-13-26-12-5-3-4-6-21(26)27/h7-10,18H,3-6,11-17H2,1-2H3,(H,23,28). The van der Waals surface area contributed by atoms with E-state index in [1.165, 1.54) is 5.69 Å². The highest BCUT2D eigenvalue weighted by molar-refractivity contribution is 5.94. The van der Waals surface area contributed by atoms with Crippen molar-refractivity contribution in [3.8, 4) is 0 Å². The maximum Gasteiger partial charge on any atom is 0.251 e. The Morgan fingerprint density at radius 1 is 1.00 bits per heavy atom. The van der Waals surface area contributed by atoms with E-state index in [0.717, 1.165) is 52.0 Å². The number of carbonyl (C=O) groups is 2. The molecule has 1 aromatic rings. The number of rotatable bonds is 6. The van der Waals surface area contributed by atoms with Crippen LogP contribution in [0.5, 0.6) is 0 Å². The SMILES string of the molecule is CC(C)N1CCN(c2ccc(C(=O)NCCN3CCCCCC3=O)cc2)CC1. The molecule has 3 rings (SSSR count). The molecule has 2 amide bonds. The predicted molar refractivity (Wildman–Crippen MR) is 113 cm³/mol. The lowest BCUT2D eigenvalue weighted by atomic mass is 10.1. The summed E-state index contributed by atoms with van der Waals surface area (Å²) in [6.07, 6.45) is 3.81. The summed E-state index contributed by atoms with van der Waals surface area (Å²) >= 11 is 0. The van der Waals surface area contributed by atoms with Gasteiger partial charge in [-0.05, 0) is 51.0 Å². The Hall–Kier alpha value is -2.08. The molecule has 2 heterocycles. The van der Waals surface area contributed by atoms with Crippen LogP contribution in [0.25, 0.3) is 0 Å². The first-order chi connectivity index (χ1) is 13.5. The summed E-state index contributed by atoms with van der Waals surface area (Å²) < 4.78 is 0. The van der Waals surface area contributed by atoms with E-state index < -0.39 is 0 Å². The van der Waals surface area contributed by atoms with E-state index in [4.69, 9.17) is 0 Å². The van der Waals surface area contributed by atoms with Crippen LogP contribution in [0.3, 0.4) is 0 Å². The summed E-state index contributed by atoms with van der Waals surface area (Å²) in [6.45, 7) is 10.6. The Morgan fingerprint density at radius 3 is 2.39 bits per heavy atom. The zero-order valence-electron chi connectivity index (χ0n) is 17.3. The van der Waals surface area contributed by atoms with Crippen LogP contribution >= 0.6 is 0 Å². The molecule has 154 valence electrons. The highest BCUT2D eigenvalue weighted by Gasteiger charge is 2.19. The van der Waals surface area contributed by atoms with Crippen molar-refractivity contribution in [3.63, 3.8) is 0 Å². The van der Waals surface area contributed by atoms with Gasteiger partial charge in [-0.2, -0.15) is 0 Å². The highest BCUT2D eigenvalue weighted by Crippen LogP contribution is 2.18. The number of nitrogens with one attached hydrogen (secondary N) is 1. The molecule has 2 saturated heterocycles. The van der Waals surface area contributed by atoms with E-state index >= 15 is 0 Å². The number of piperazine rings is 1. The van der Waals surface area contributed by atoms with Gasteiger partial charge < -0.3 is 15.1 Å². The van der Waals surface area contributed by atoms with Gasteiger partial charge in [0.25, 0.3) is 5.91 Å². The maximum atomic E-state index is 12.4. The van der Waals surface area contributed by atoms with Crippen LogP contribution in [0.4, 0.5) is 5.69 Å². The molecule has 0 aliphatic carbocycles. The molecule has 6 nitrogen and oxygen atoms in total. The lowest BCUT2D eigenvalue weighted by molar-refractivity contribution is -0.130. The van der Waals surface area contributed by atoms with Gasteiger partial charge in [0.15, 0.2) is 0 Å². The lowest BCUT2D eigenvalue weighted by Crippen LogP contribution is -2.48. The van der Waals surface area contributed by atoms with Crippen molar-refractivity contribution >= 4 is 17.5 Å². The number of amides is 2. The topological polar surface area (TPSA) is 55.9 Å². The Labute approximate surface area is 168 Å². The number of benzene rings is 1. The summed E-state index contributed by atoms with van der Waals surface area (Å²) in [6, 6.07) is 8.47. The molecule has 1 N–H and O–H groups in total. The molecule has 0 radical (unpaired) electrons. The number of carbonyl (C=O) groups excluding carboxylic acids is 2. The fraction of sp³-hybridized carbons (Fsp3) is 0.636. The minimum atomic E-state index is -0.0709. The van der Waals surface area contributed by atoms with E-state index in [1.807, 2.05) is 29.2 Å².